The second-order valence-electron chi connectivity index (χ2n) is 7.27. The fraction of sp³-hybridized carbons (Fsp3) is 0.333. The number of hydrogen-bond acceptors (Lipinski definition) is 4. The van der Waals surface area contributed by atoms with Gasteiger partial charge >= 0.3 is 0 Å². The monoisotopic (exact) mass is 363 g/mol. The molecule has 138 valence electrons. The average Bonchev–Trinajstić information content (AvgIpc) is 3.19. The predicted molar refractivity (Wildman–Crippen MR) is 102 cm³/mol. The van der Waals surface area contributed by atoms with Crippen molar-refractivity contribution >= 4 is 23.2 Å². The molecule has 0 radical (unpaired) electrons. The minimum Gasteiger partial charge on any atom is -0.493 e. The van der Waals surface area contributed by atoms with Crippen molar-refractivity contribution < 1.29 is 14.3 Å². The highest BCUT2D eigenvalue weighted by atomic mass is 16.5. The van der Waals surface area contributed by atoms with E-state index in [-0.39, 0.29) is 23.9 Å². The number of nitrogens with zero attached hydrogens (tertiary/aromatic N) is 1. The van der Waals surface area contributed by atoms with Crippen LogP contribution in [0.3, 0.4) is 0 Å². The van der Waals surface area contributed by atoms with Gasteiger partial charge in [0.25, 0.3) is 5.91 Å². The van der Waals surface area contributed by atoms with Crippen molar-refractivity contribution in [3.05, 3.63) is 53.6 Å². The summed E-state index contributed by atoms with van der Waals surface area (Å²) in [5.41, 5.74) is 3.28. The lowest BCUT2D eigenvalue weighted by Crippen LogP contribution is -2.44. The number of hydrogen-bond donors (Lipinski definition) is 2. The Hall–Kier alpha value is -3.02. The highest BCUT2D eigenvalue weighted by Gasteiger charge is 2.36. The lowest BCUT2D eigenvalue weighted by atomic mass is 10.00. The molecular formula is C21H21N3O3. The number of amides is 2. The number of rotatable bonds is 2. The number of anilines is 2. The average molecular weight is 363 g/mol. The molecule has 0 aromatic heterocycles. The number of ether oxygens (including phenoxy) is 1. The quantitative estimate of drug-likeness (QED) is 0.861. The van der Waals surface area contributed by atoms with Gasteiger partial charge < -0.3 is 20.3 Å². The van der Waals surface area contributed by atoms with Gasteiger partial charge in [0.15, 0.2) is 0 Å². The summed E-state index contributed by atoms with van der Waals surface area (Å²) >= 11 is 0. The van der Waals surface area contributed by atoms with Crippen LogP contribution in [0.2, 0.25) is 0 Å². The molecule has 2 aromatic carbocycles. The molecule has 1 fully saturated rings. The number of benzene rings is 2. The standard InChI is InChI=1S/C21H21N3O3/c25-20(22-15-9-11-27-19-6-2-1-4-14(15)19)13-7-8-17-16(12-13)23-21(26)18-5-3-10-24(17)18/h1-2,4,6-8,12,15,18H,3,5,9-11H2,(H,22,25)(H,23,26)/t15-,18+/m1/s1. The first-order valence-corrected chi connectivity index (χ1v) is 9.45. The maximum atomic E-state index is 12.8. The molecule has 0 aliphatic carbocycles. The van der Waals surface area contributed by atoms with E-state index < -0.39 is 0 Å². The molecule has 27 heavy (non-hydrogen) atoms. The van der Waals surface area contributed by atoms with Crippen LogP contribution >= 0.6 is 0 Å². The van der Waals surface area contributed by atoms with Gasteiger partial charge in [-0.25, -0.2) is 0 Å². The Morgan fingerprint density at radius 3 is 3.00 bits per heavy atom. The molecule has 0 spiro atoms. The van der Waals surface area contributed by atoms with Crippen LogP contribution in [0.15, 0.2) is 42.5 Å². The Labute approximate surface area is 157 Å². The molecule has 6 heteroatoms. The van der Waals surface area contributed by atoms with Gasteiger partial charge in [0, 0.05) is 24.1 Å². The number of carbonyl (C=O) groups excluding carboxylic acids is 2. The summed E-state index contributed by atoms with van der Waals surface area (Å²) in [5, 5.41) is 6.08. The molecule has 2 atom stereocenters. The van der Waals surface area contributed by atoms with Gasteiger partial charge in [-0.05, 0) is 37.1 Å². The van der Waals surface area contributed by atoms with Crippen LogP contribution in [0.1, 0.15) is 41.2 Å². The summed E-state index contributed by atoms with van der Waals surface area (Å²) in [6.07, 6.45) is 2.64. The normalized spacial score (nSPS) is 22.8. The Balaban J connectivity index is 1.39. The first kappa shape index (κ1) is 16.2. The topological polar surface area (TPSA) is 70.7 Å². The van der Waals surface area contributed by atoms with E-state index in [1.165, 1.54) is 0 Å². The third kappa shape index (κ3) is 2.72. The fourth-order valence-electron chi connectivity index (χ4n) is 4.31. The molecule has 0 saturated carbocycles. The molecule has 2 amide bonds. The van der Waals surface area contributed by atoms with Gasteiger partial charge in [0.05, 0.1) is 24.0 Å². The first-order chi connectivity index (χ1) is 13.2. The summed E-state index contributed by atoms with van der Waals surface area (Å²) in [7, 11) is 0. The molecule has 1 saturated heterocycles. The minimum atomic E-state index is -0.141. The largest absolute Gasteiger partial charge is 0.493 e. The zero-order valence-corrected chi connectivity index (χ0v) is 14.9. The van der Waals surface area contributed by atoms with Crippen LogP contribution in [0, 0.1) is 0 Å². The first-order valence-electron chi connectivity index (χ1n) is 9.45. The third-order valence-electron chi connectivity index (χ3n) is 5.65. The lowest BCUT2D eigenvalue weighted by molar-refractivity contribution is -0.117. The summed E-state index contributed by atoms with van der Waals surface area (Å²) in [4.78, 5) is 27.3. The molecule has 3 aliphatic heterocycles. The van der Waals surface area contributed by atoms with Crippen molar-refractivity contribution in [2.75, 3.05) is 23.4 Å². The van der Waals surface area contributed by atoms with Crippen molar-refractivity contribution in [1.82, 2.24) is 5.32 Å². The zero-order chi connectivity index (χ0) is 18.4. The zero-order valence-electron chi connectivity index (χ0n) is 14.9. The Morgan fingerprint density at radius 1 is 1.19 bits per heavy atom. The summed E-state index contributed by atoms with van der Waals surface area (Å²) in [6, 6.07) is 13.2. The number of para-hydroxylation sites is 1. The van der Waals surface area contributed by atoms with Gasteiger partial charge in [-0.2, -0.15) is 0 Å². The van der Waals surface area contributed by atoms with E-state index in [1.807, 2.05) is 36.4 Å². The van der Waals surface area contributed by atoms with E-state index in [1.54, 1.807) is 6.07 Å². The fourth-order valence-corrected chi connectivity index (χ4v) is 4.31. The van der Waals surface area contributed by atoms with Crippen molar-refractivity contribution in [3.8, 4) is 5.75 Å². The van der Waals surface area contributed by atoms with E-state index in [2.05, 4.69) is 15.5 Å². The van der Waals surface area contributed by atoms with Crippen LogP contribution in [-0.2, 0) is 4.79 Å². The molecule has 5 rings (SSSR count). The van der Waals surface area contributed by atoms with Crippen LogP contribution in [-0.4, -0.2) is 31.0 Å². The van der Waals surface area contributed by atoms with Crippen LogP contribution in [0.5, 0.6) is 5.75 Å². The molecular weight excluding hydrogens is 342 g/mol. The molecule has 2 N–H and O–H groups in total. The van der Waals surface area contributed by atoms with Crippen molar-refractivity contribution in [2.24, 2.45) is 0 Å². The SMILES string of the molecule is O=C(N[C@@H]1CCOc2ccccc21)c1ccc2c(c1)NC(=O)[C@@H]1CCCN21. The Morgan fingerprint density at radius 2 is 2.07 bits per heavy atom. The van der Waals surface area contributed by atoms with Crippen LogP contribution in [0.25, 0.3) is 0 Å². The number of carbonyl (C=O) groups is 2. The lowest BCUT2D eigenvalue weighted by Gasteiger charge is -2.33. The molecule has 6 nitrogen and oxygen atoms in total. The van der Waals surface area contributed by atoms with E-state index >= 15 is 0 Å². The molecule has 2 aromatic rings. The van der Waals surface area contributed by atoms with Crippen molar-refractivity contribution in [3.63, 3.8) is 0 Å². The highest BCUT2D eigenvalue weighted by molar-refractivity contribution is 6.06. The number of fused-ring (bicyclic) bond motifs is 4. The van der Waals surface area contributed by atoms with E-state index in [0.717, 1.165) is 48.5 Å². The van der Waals surface area contributed by atoms with E-state index in [4.69, 9.17) is 4.74 Å². The van der Waals surface area contributed by atoms with Gasteiger partial charge in [0.1, 0.15) is 11.8 Å². The molecule has 3 aliphatic rings. The van der Waals surface area contributed by atoms with Crippen LogP contribution in [0.4, 0.5) is 11.4 Å². The van der Waals surface area contributed by atoms with Crippen molar-refractivity contribution in [1.29, 1.82) is 0 Å². The summed E-state index contributed by atoms with van der Waals surface area (Å²) in [6.45, 7) is 1.47. The highest BCUT2D eigenvalue weighted by Crippen LogP contribution is 2.37. The van der Waals surface area contributed by atoms with Gasteiger partial charge in [0.2, 0.25) is 5.91 Å². The Kier molecular flexibility index (Phi) is 3.77. The summed E-state index contributed by atoms with van der Waals surface area (Å²) in [5.74, 6) is 0.708. The second kappa shape index (κ2) is 6.30. The van der Waals surface area contributed by atoms with Gasteiger partial charge in [-0.3, -0.25) is 9.59 Å². The second-order valence-corrected chi connectivity index (χ2v) is 7.27. The van der Waals surface area contributed by atoms with Gasteiger partial charge in [-0.1, -0.05) is 18.2 Å². The van der Waals surface area contributed by atoms with Crippen molar-refractivity contribution in [2.45, 2.75) is 31.3 Å². The molecule has 0 unspecified atom stereocenters. The number of nitrogens with one attached hydrogen (secondary N) is 2. The maximum absolute atomic E-state index is 12.8. The summed E-state index contributed by atoms with van der Waals surface area (Å²) < 4.78 is 5.66. The maximum Gasteiger partial charge on any atom is 0.251 e. The minimum absolute atomic E-state index is 0.0240. The third-order valence-corrected chi connectivity index (χ3v) is 5.65. The smallest absolute Gasteiger partial charge is 0.251 e. The van der Waals surface area contributed by atoms with Gasteiger partial charge in [-0.15, -0.1) is 0 Å². The predicted octanol–water partition coefficient (Wildman–Crippen LogP) is 2.86. The van der Waals surface area contributed by atoms with E-state index in [0.29, 0.717) is 12.2 Å². The van der Waals surface area contributed by atoms with E-state index in [9.17, 15) is 9.59 Å². The van der Waals surface area contributed by atoms with Crippen LogP contribution < -0.4 is 20.3 Å². The molecule has 0 bridgehead atoms. The Bertz CT molecular complexity index is 927. The molecule has 3 heterocycles.